The van der Waals surface area contributed by atoms with Crippen LogP contribution in [0.1, 0.15) is 10.5 Å². The van der Waals surface area contributed by atoms with E-state index < -0.39 is 5.97 Å². The second-order valence-corrected chi connectivity index (χ2v) is 2.28. The van der Waals surface area contributed by atoms with Gasteiger partial charge in [-0.3, -0.25) is 0 Å². The summed E-state index contributed by atoms with van der Waals surface area (Å²) in [7, 11) is 0. The number of nitrogens with one attached hydrogen (secondary N) is 1. The van der Waals surface area contributed by atoms with Crippen LogP contribution in [0.25, 0.3) is 0 Å². The Kier molecular flexibility index (Phi) is 2.97. The minimum absolute atomic E-state index is 0.0656. The number of rotatable bonds is 4. The van der Waals surface area contributed by atoms with E-state index in [-0.39, 0.29) is 5.69 Å². The molecule has 1 heterocycles. The number of carbonyl (C=O) groups is 1. The zero-order chi connectivity index (χ0) is 9.68. The Labute approximate surface area is 75.1 Å². The molecule has 0 bridgehead atoms. The Morgan fingerprint density at radius 3 is 2.85 bits per heavy atom. The minimum atomic E-state index is -1.08. The van der Waals surface area contributed by atoms with E-state index in [1.807, 2.05) is 0 Å². The molecule has 0 aliphatic carbocycles. The van der Waals surface area contributed by atoms with Crippen molar-refractivity contribution >= 4 is 11.8 Å². The van der Waals surface area contributed by atoms with Gasteiger partial charge in [-0.2, -0.15) is 0 Å². The normalized spacial score (nSPS) is 9.23. The van der Waals surface area contributed by atoms with Crippen LogP contribution in [0.5, 0.6) is 0 Å². The van der Waals surface area contributed by atoms with Crippen molar-refractivity contribution in [2.45, 2.75) is 0 Å². The molecule has 13 heavy (non-hydrogen) atoms. The predicted octanol–water partition coefficient (Wildman–Crippen LogP) is 0.773. The summed E-state index contributed by atoms with van der Waals surface area (Å²) in [6.07, 6.45) is 1.67. The molecule has 0 aliphatic rings. The van der Waals surface area contributed by atoms with Gasteiger partial charge in [0.1, 0.15) is 5.82 Å². The van der Waals surface area contributed by atoms with Gasteiger partial charge in [0.25, 0.3) is 0 Å². The molecule has 0 saturated heterocycles. The first-order chi connectivity index (χ1) is 6.24. The largest absolute Gasteiger partial charge is 0.476 e. The van der Waals surface area contributed by atoms with Gasteiger partial charge < -0.3 is 10.4 Å². The Hall–Kier alpha value is -1.91. The molecule has 0 fully saturated rings. The lowest BCUT2D eigenvalue weighted by atomic mass is 10.4. The zero-order valence-electron chi connectivity index (χ0n) is 6.90. The van der Waals surface area contributed by atoms with E-state index in [9.17, 15) is 4.79 Å². The van der Waals surface area contributed by atoms with Crippen LogP contribution in [0.4, 0.5) is 5.82 Å². The monoisotopic (exact) mass is 179 g/mol. The SMILES string of the molecule is C=CCNc1ccc(C(=O)O)nn1. The van der Waals surface area contributed by atoms with Crippen molar-refractivity contribution in [1.29, 1.82) is 0 Å². The third-order valence-electron chi connectivity index (χ3n) is 1.31. The number of aromatic nitrogens is 2. The van der Waals surface area contributed by atoms with Gasteiger partial charge in [0.05, 0.1) is 0 Å². The minimum Gasteiger partial charge on any atom is -0.476 e. The summed E-state index contributed by atoms with van der Waals surface area (Å²) in [5.41, 5.74) is -0.0656. The Bertz CT molecular complexity index is 308. The summed E-state index contributed by atoms with van der Waals surface area (Å²) in [5, 5.41) is 18.5. The topological polar surface area (TPSA) is 75.1 Å². The van der Waals surface area contributed by atoms with E-state index in [1.165, 1.54) is 6.07 Å². The molecule has 0 spiro atoms. The van der Waals surface area contributed by atoms with Crippen LogP contribution in [0, 0.1) is 0 Å². The molecule has 68 valence electrons. The number of carboxylic acid groups (broad SMARTS) is 1. The summed E-state index contributed by atoms with van der Waals surface area (Å²) < 4.78 is 0. The second kappa shape index (κ2) is 4.20. The molecule has 1 aromatic heterocycles. The first-order valence-electron chi connectivity index (χ1n) is 3.66. The zero-order valence-corrected chi connectivity index (χ0v) is 6.90. The second-order valence-electron chi connectivity index (χ2n) is 2.28. The van der Waals surface area contributed by atoms with E-state index in [4.69, 9.17) is 5.11 Å². The third kappa shape index (κ3) is 2.55. The summed E-state index contributed by atoms with van der Waals surface area (Å²) in [4.78, 5) is 10.4. The average Bonchev–Trinajstić information content (AvgIpc) is 2.15. The molecule has 0 saturated carbocycles. The smallest absolute Gasteiger partial charge is 0.356 e. The number of hydrogen-bond donors (Lipinski definition) is 2. The first kappa shape index (κ1) is 9.18. The molecule has 5 nitrogen and oxygen atoms in total. The highest BCUT2D eigenvalue weighted by molar-refractivity contribution is 5.85. The maximum absolute atomic E-state index is 10.4. The molecule has 0 atom stereocenters. The van der Waals surface area contributed by atoms with Gasteiger partial charge in [0.2, 0.25) is 0 Å². The Morgan fingerprint density at radius 2 is 2.38 bits per heavy atom. The highest BCUT2D eigenvalue weighted by Gasteiger charge is 2.03. The fourth-order valence-electron chi connectivity index (χ4n) is 0.717. The summed E-state index contributed by atoms with van der Waals surface area (Å²) in [6, 6.07) is 2.95. The molecular weight excluding hydrogens is 170 g/mol. The maximum atomic E-state index is 10.4. The lowest BCUT2D eigenvalue weighted by Gasteiger charge is -1.99. The van der Waals surface area contributed by atoms with Crippen LogP contribution in [0.3, 0.4) is 0 Å². The lowest BCUT2D eigenvalue weighted by Crippen LogP contribution is -2.05. The number of hydrogen-bond acceptors (Lipinski definition) is 4. The quantitative estimate of drug-likeness (QED) is 0.668. The molecule has 0 unspecified atom stereocenters. The van der Waals surface area contributed by atoms with Crippen molar-refractivity contribution in [3.05, 3.63) is 30.5 Å². The van der Waals surface area contributed by atoms with Crippen molar-refractivity contribution in [2.24, 2.45) is 0 Å². The molecule has 0 amide bonds. The summed E-state index contributed by atoms with van der Waals surface area (Å²) in [5.74, 6) is -0.548. The number of aromatic carboxylic acids is 1. The molecule has 5 heteroatoms. The fourth-order valence-corrected chi connectivity index (χ4v) is 0.717. The molecule has 1 rings (SSSR count). The summed E-state index contributed by atoms with van der Waals surface area (Å²) in [6.45, 7) is 4.09. The van der Waals surface area contributed by atoms with Gasteiger partial charge in [-0.25, -0.2) is 4.79 Å². The highest BCUT2D eigenvalue weighted by Crippen LogP contribution is 2.00. The van der Waals surface area contributed by atoms with E-state index in [1.54, 1.807) is 12.1 Å². The Balaban J connectivity index is 2.69. The van der Waals surface area contributed by atoms with Gasteiger partial charge in [-0.15, -0.1) is 16.8 Å². The van der Waals surface area contributed by atoms with Gasteiger partial charge in [-0.05, 0) is 12.1 Å². The molecule has 0 aliphatic heterocycles. The van der Waals surface area contributed by atoms with E-state index in [0.29, 0.717) is 12.4 Å². The third-order valence-corrected chi connectivity index (χ3v) is 1.31. The molecular formula is C8H9N3O2. The lowest BCUT2D eigenvalue weighted by molar-refractivity contribution is 0.0689. The van der Waals surface area contributed by atoms with Gasteiger partial charge in [0, 0.05) is 6.54 Å². The van der Waals surface area contributed by atoms with Crippen LogP contribution in [-0.2, 0) is 0 Å². The van der Waals surface area contributed by atoms with Gasteiger partial charge in [0.15, 0.2) is 5.69 Å². The van der Waals surface area contributed by atoms with Crippen LogP contribution in [-0.4, -0.2) is 27.8 Å². The van der Waals surface area contributed by atoms with E-state index in [0.717, 1.165) is 0 Å². The fraction of sp³-hybridized carbons (Fsp3) is 0.125. The van der Waals surface area contributed by atoms with Crippen molar-refractivity contribution < 1.29 is 9.90 Å². The van der Waals surface area contributed by atoms with E-state index in [2.05, 4.69) is 22.1 Å². The van der Waals surface area contributed by atoms with Crippen LogP contribution >= 0.6 is 0 Å². The van der Waals surface area contributed by atoms with Crippen molar-refractivity contribution in [2.75, 3.05) is 11.9 Å². The van der Waals surface area contributed by atoms with Crippen LogP contribution < -0.4 is 5.32 Å². The summed E-state index contributed by atoms with van der Waals surface area (Å²) >= 11 is 0. The van der Waals surface area contributed by atoms with Crippen molar-refractivity contribution in [3.63, 3.8) is 0 Å². The predicted molar refractivity (Wildman–Crippen MR) is 47.7 cm³/mol. The number of nitrogens with zero attached hydrogens (tertiary/aromatic N) is 2. The Morgan fingerprint density at radius 1 is 1.62 bits per heavy atom. The van der Waals surface area contributed by atoms with Gasteiger partial charge >= 0.3 is 5.97 Å². The number of carboxylic acids is 1. The van der Waals surface area contributed by atoms with Crippen molar-refractivity contribution in [1.82, 2.24) is 10.2 Å². The molecule has 0 radical (unpaired) electrons. The highest BCUT2D eigenvalue weighted by atomic mass is 16.4. The van der Waals surface area contributed by atoms with Crippen LogP contribution in [0.15, 0.2) is 24.8 Å². The molecule has 2 N–H and O–H groups in total. The first-order valence-corrected chi connectivity index (χ1v) is 3.66. The van der Waals surface area contributed by atoms with Crippen molar-refractivity contribution in [3.8, 4) is 0 Å². The van der Waals surface area contributed by atoms with E-state index >= 15 is 0 Å². The standard InChI is InChI=1S/C8H9N3O2/c1-2-5-9-7-4-3-6(8(12)13)10-11-7/h2-4H,1,5H2,(H,9,11)(H,12,13). The number of anilines is 1. The van der Waals surface area contributed by atoms with Gasteiger partial charge in [-0.1, -0.05) is 6.08 Å². The maximum Gasteiger partial charge on any atom is 0.356 e. The average molecular weight is 179 g/mol. The molecule has 1 aromatic rings. The van der Waals surface area contributed by atoms with Crippen LogP contribution in [0.2, 0.25) is 0 Å². The molecule has 0 aromatic carbocycles.